The van der Waals surface area contributed by atoms with Gasteiger partial charge in [0.15, 0.2) is 0 Å². The summed E-state index contributed by atoms with van der Waals surface area (Å²) >= 11 is 0. The molecule has 1 aromatic carbocycles. The topological polar surface area (TPSA) is 49.3 Å². The third kappa shape index (κ3) is 3.93. The minimum Gasteiger partial charge on any atom is -0.508 e. The normalized spacial score (nSPS) is 11.2. The highest BCUT2D eigenvalue weighted by atomic mass is 16.3. The van der Waals surface area contributed by atoms with Crippen LogP contribution in [0.2, 0.25) is 0 Å². The van der Waals surface area contributed by atoms with Gasteiger partial charge in [-0.05, 0) is 24.1 Å². The molecule has 0 saturated heterocycles. The van der Waals surface area contributed by atoms with E-state index in [0.29, 0.717) is 6.54 Å². The van der Waals surface area contributed by atoms with Gasteiger partial charge in [0.25, 0.3) is 0 Å². The fourth-order valence-electron chi connectivity index (χ4n) is 1.25. The highest BCUT2D eigenvalue weighted by Gasteiger charge is 2.20. The molecule has 88 valence electrons. The lowest BCUT2D eigenvalue weighted by Gasteiger charge is -2.17. The van der Waals surface area contributed by atoms with Crippen LogP contribution in [0.3, 0.4) is 0 Å². The van der Waals surface area contributed by atoms with Gasteiger partial charge in [-0.25, -0.2) is 0 Å². The molecule has 0 saturated carbocycles. The molecular weight excluding hydrogens is 202 g/mol. The van der Waals surface area contributed by atoms with Gasteiger partial charge in [0.1, 0.15) is 5.75 Å². The monoisotopic (exact) mass is 221 g/mol. The van der Waals surface area contributed by atoms with E-state index in [1.54, 1.807) is 12.1 Å². The van der Waals surface area contributed by atoms with E-state index in [1.165, 1.54) is 0 Å². The minimum absolute atomic E-state index is 0.0614. The Morgan fingerprint density at radius 1 is 1.25 bits per heavy atom. The maximum absolute atomic E-state index is 11.6. The Labute approximate surface area is 96.5 Å². The number of phenolic OH excluding ortho intramolecular Hbond substituents is 1. The summed E-state index contributed by atoms with van der Waals surface area (Å²) in [6, 6.07) is 7.03. The van der Waals surface area contributed by atoms with E-state index in [9.17, 15) is 4.79 Å². The quantitative estimate of drug-likeness (QED) is 0.821. The molecule has 1 aromatic rings. The zero-order valence-electron chi connectivity index (χ0n) is 10.1. The summed E-state index contributed by atoms with van der Waals surface area (Å²) in [6.07, 6.45) is 0.780. The molecule has 1 amide bonds. The van der Waals surface area contributed by atoms with Crippen LogP contribution in [0.4, 0.5) is 0 Å². The summed E-state index contributed by atoms with van der Waals surface area (Å²) in [4.78, 5) is 11.6. The molecule has 0 aromatic heterocycles. The van der Waals surface area contributed by atoms with Crippen molar-refractivity contribution in [2.24, 2.45) is 5.41 Å². The van der Waals surface area contributed by atoms with Gasteiger partial charge >= 0.3 is 0 Å². The molecule has 3 nitrogen and oxygen atoms in total. The number of hydrogen-bond acceptors (Lipinski definition) is 2. The van der Waals surface area contributed by atoms with Gasteiger partial charge < -0.3 is 10.4 Å². The minimum atomic E-state index is -0.338. The lowest BCUT2D eigenvalue weighted by Crippen LogP contribution is -2.35. The Hall–Kier alpha value is -1.51. The largest absolute Gasteiger partial charge is 0.508 e. The second-order valence-electron chi connectivity index (χ2n) is 4.92. The Morgan fingerprint density at radius 2 is 1.81 bits per heavy atom. The van der Waals surface area contributed by atoms with Gasteiger partial charge in [0.2, 0.25) is 5.91 Å². The molecule has 0 unspecified atom stereocenters. The number of phenols is 1. The van der Waals surface area contributed by atoms with Crippen molar-refractivity contribution in [1.82, 2.24) is 5.32 Å². The maximum Gasteiger partial charge on any atom is 0.225 e. The smallest absolute Gasteiger partial charge is 0.225 e. The lowest BCUT2D eigenvalue weighted by atomic mass is 9.95. The molecule has 0 bridgehead atoms. The van der Waals surface area contributed by atoms with E-state index in [4.69, 9.17) is 5.11 Å². The molecule has 16 heavy (non-hydrogen) atoms. The van der Waals surface area contributed by atoms with Gasteiger partial charge in [-0.2, -0.15) is 0 Å². The van der Waals surface area contributed by atoms with E-state index < -0.39 is 0 Å². The summed E-state index contributed by atoms with van der Waals surface area (Å²) in [5.74, 6) is 0.328. The fourth-order valence-corrected chi connectivity index (χ4v) is 1.25. The Morgan fingerprint density at radius 3 is 2.31 bits per heavy atom. The summed E-state index contributed by atoms with van der Waals surface area (Å²) < 4.78 is 0. The van der Waals surface area contributed by atoms with Crippen molar-refractivity contribution in [3.63, 3.8) is 0 Å². The number of carbonyl (C=O) groups is 1. The molecule has 2 N–H and O–H groups in total. The molecule has 0 spiro atoms. The summed E-state index contributed by atoms with van der Waals surface area (Å²) in [5.41, 5.74) is 0.765. The van der Waals surface area contributed by atoms with Gasteiger partial charge in [-0.3, -0.25) is 4.79 Å². The molecule has 3 heteroatoms. The maximum atomic E-state index is 11.6. The molecule has 0 atom stereocenters. The van der Waals surface area contributed by atoms with Crippen LogP contribution >= 0.6 is 0 Å². The fraction of sp³-hybridized carbons (Fsp3) is 0.462. The third-order valence-electron chi connectivity index (χ3n) is 2.32. The first-order valence-corrected chi connectivity index (χ1v) is 5.46. The summed E-state index contributed by atoms with van der Waals surface area (Å²) in [7, 11) is 0. The number of amides is 1. The van der Waals surface area contributed by atoms with E-state index in [2.05, 4.69) is 5.32 Å². The number of rotatable bonds is 3. The number of carbonyl (C=O) groups excluding carboxylic acids is 1. The van der Waals surface area contributed by atoms with Gasteiger partial charge in [0, 0.05) is 12.0 Å². The average molecular weight is 221 g/mol. The van der Waals surface area contributed by atoms with Crippen LogP contribution in [0.25, 0.3) is 0 Å². The van der Waals surface area contributed by atoms with Crippen LogP contribution in [0.5, 0.6) is 5.75 Å². The average Bonchev–Trinajstić information content (AvgIpc) is 2.19. The summed E-state index contributed by atoms with van der Waals surface area (Å²) in [6.45, 7) is 6.30. The highest BCUT2D eigenvalue weighted by Crippen LogP contribution is 2.13. The zero-order chi connectivity index (χ0) is 12.2. The van der Waals surface area contributed by atoms with Crippen LogP contribution in [-0.4, -0.2) is 17.6 Å². The molecule has 1 rings (SSSR count). The third-order valence-corrected chi connectivity index (χ3v) is 2.32. The lowest BCUT2D eigenvalue weighted by molar-refractivity contribution is -0.128. The van der Waals surface area contributed by atoms with Crippen molar-refractivity contribution in [1.29, 1.82) is 0 Å². The molecular formula is C13H19NO2. The Balaban J connectivity index is 2.36. The second-order valence-corrected chi connectivity index (χ2v) is 4.92. The zero-order valence-corrected chi connectivity index (χ0v) is 10.1. The van der Waals surface area contributed by atoms with Crippen LogP contribution in [0, 0.1) is 5.41 Å². The molecule has 0 aliphatic rings. The first-order chi connectivity index (χ1) is 7.39. The van der Waals surface area contributed by atoms with Crippen molar-refractivity contribution < 1.29 is 9.90 Å². The number of nitrogens with one attached hydrogen (secondary N) is 1. The molecule has 0 radical (unpaired) electrons. The van der Waals surface area contributed by atoms with E-state index in [1.807, 2.05) is 32.9 Å². The van der Waals surface area contributed by atoms with Gasteiger partial charge in [-0.15, -0.1) is 0 Å². The van der Waals surface area contributed by atoms with Crippen LogP contribution in [0.1, 0.15) is 26.3 Å². The van der Waals surface area contributed by atoms with E-state index >= 15 is 0 Å². The van der Waals surface area contributed by atoms with E-state index in [0.717, 1.165) is 12.0 Å². The Bertz CT molecular complexity index is 349. The Kier molecular flexibility index (Phi) is 3.93. The standard InChI is InChI=1S/C13H19NO2/c1-13(2,3)12(16)14-9-8-10-4-6-11(15)7-5-10/h4-7,15H,8-9H2,1-3H3,(H,14,16). The van der Waals surface area contributed by atoms with Crippen molar-refractivity contribution in [2.45, 2.75) is 27.2 Å². The first-order valence-electron chi connectivity index (χ1n) is 5.46. The molecule has 0 fully saturated rings. The molecule has 0 aliphatic carbocycles. The number of benzene rings is 1. The SMILES string of the molecule is CC(C)(C)C(=O)NCCc1ccc(O)cc1. The first kappa shape index (κ1) is 12.6. The predicted molar refractivity (Wildman–Crippen MR) is 64.3 cm³/mol. The van der Waals surface area contributed by atoms with Crippen molar-refractivity contribution in [3.8, 4) is 5.75 Å². The predicted octanol–water partition coefficient (Wildman–Crippen LogP) is 2.10. The van der Waals surface area contributed by atoms with Crippen molar-refractivity contribution >= 4 is 5.91 Å². The highest BCUT2D eigenvalue weighted by molar-refractivity contribution is 5.81. The van der Waals surface area contributed by atoms with Gasteiger partial charge in [-0.1, -0.05) is 32.9 Å². The molecule has 0 heterocycles. The van der Waals surface area contributed by atoms with Crippen LogP contribution in [-0.2, 0) is 11.2 Å². The molecule has 0 aliphatic heterocycles. The number of hydrogen-bond donors (Lipinski definition) is 2. The van der Waals surface area contributed by atoms with Crippen LogP contribution < -0.4 is 5.32 Å². The van der Waals surface area contributed by atoms with Crippen LogP contribution in [0.15, 0.2) is 24.3 Å². The van der Waals surface area contributed by atoms with Crippen molar-refractivity contribution in [3.05, 3.63) is 29.8 Å². The number of aromatic hydroxyl groups is 1. The van der Waals surface area contributed by atoms with Crippen molar-refractivity contribution in [2.75, 3.05) is 6.54 Å². The second kappa shape index (κ2) is 5.01. The van der Waals surface area contributed by atoms with E-state index in [-0.39, 0.29) is 17.1 Å². The summed E-state index contributed by atoms with van der Waals surface area (Å²) in [5, 5.41) is 12.0. The van der Waals surface area contributed by atoms with Gasteiger partial charge in [0.05, 0.1) is 0 Å².